The van der Waals surface area contributed by atoms with E-state index in [2.05, 4.69) is 10.5 Å². The van der Waals surface area contributed by atoms with Gasteiger partial charge in [-0.05, 0) is 76.2 Å². The highest BCUT2D eigenvalue weighted by atomic mass is 32.1. The minimum absolute atomic E-state index is 0.163. The predicted octanol–water partition coefficient (Wildman–Crippen LogP) is 4.27. The summed E-state index contributed by atoms with van der Waals surface area (Å²) in [5.41, 5.74) is 6.28. The van der Waals surface area contributed by atoms with Gasteiger partial charge in [0.15, 0.2) is 10.9 Å². The first kappa shape index (κ1) is 19.1. The number of benzene rings is 1. The lowest BCUT2D eigenvalue weighted by Gasteiger charge is -2.17. The van der Waals surface area contributed by atoms with Crippen LogP contribution in [-0.2, 0) is 4.79 Å². The van der Waals surface area contributed by atoms with Crippen molar-refractivity contribution in [3.8, 4) is 5.82 Å². The van der Waals surface area contributed by atoms with Crippen LogP contribution in [0.25, 0.3) is 11.9 Å². The van der Waals surface area contributed by atoms with Crippen LogP contribution in [0, 0.1) is 34.6 Å². The topological polar surface area (TPSA) is 63.3 Å². The lowest BCUT2D eigenvalue weighted by molar-refractivity contribution is -0.113. The van der Waals surface area contributed by atoms with Crippen LogP contribution in [0.2, 0.25) is 0 Å². The van der Waals surface area contributed by atoms with E-state index in [1.807, 2.05) is 75.6 Å². The molecule has 29 heavy (non-hydrogen) atoms. The molecule has 1 aliphatic rings. The SMILES string of the molecule is Cc1ccc(N2C(=O)C(=Cc3cc(C)n(-c4cc(C)on4)c3C)NC2=S)c(C)c1. The van der Waals surface area contributed by atoms with E-state index in [1.54, 1.807) is 4.90 Å². The van der Waals surface area contributed by atoms with E-state index in [-0.39, 0.29) is 5.91 Å². The number of thiocarbonyl (C=S) groups is 1. The molecule has 1 N–H and O–H groups in total. The molecule has 1 amide bonds. The summed E-state index contributed by atoms with van der Waals surface area (Å²) in [7, 11) is 0. The molecule has 0 spiro atoms. The van der Waals surface area contributed by atoms with Gasteiger partial charge in [0, 0.05) is 17.5 Å². The number of carbonyl (C=O) groups excluding carboxylic acids is 1. The summed E-state index contributed by atoms with van der Waals surface area (Å²) in [6.07, 6.45) is 1.84. The molecule has 7 heteroatoms. The number of hydrogen-bond acceptors (Lipinski definition) is 4. The number of nitrogens with zero attached hydrogens (tertiary/aromatic N) is 3. The Balaban J connectivity index is 1.71. The van der Waals surface area contributed by atoms with E-state index in [0.29, 0.717) is 10.8 Å². The molecule has 1 saturated heterocycles. The van der Waals surface area contributed by atoms with Gasteiger partial charge in [0.05, 0.1) is 5.69 Å². The van der Waals surface area contributed by atoms with Crippen molar-refractivity contribution in [1.82, 2.24) is 15.0 Å². The van der Waals surface area contributed by atoms with Gasteiger partial charge in [-0.3, -0.25) is 14.3 Å². The van der Waals surface area contributed by atoms with Gasteiger partial charge in [-0.15, -0.1) is 0 Å². The molecular formula is C22H22N4O2S. The minimum atomic E-state index is -0.163. The first-order valence-corrected chi connectivity index (χ1v) is 9.74. The second-order valence-electron chi connectivity index (χ2n) is 7.38. The lowest BCUT2D eigenvalue weighted by Crippen LogP contribution is -2.30. The van der Waals surface area contributed by atoms with Crippen LogP contribution in [0.5, 0.6) is 0 Å². The largest absolute Gasteiger partial charge is 0.360 e. The van der Waals surface area contributed by atoms with Gasteiger partial charge in [-0.25, -0.2) is 0 Å². The zero-order valence-electron chi connectivity index (χ0n) is 17.0. The van der Waals surface area contributed by atoms with Gasteiger partial charge in [-0.1, -0.05) is 22.9 Å². The van der Waals surface area contributed by atoms with Crippen molar-refractivity contribution in [3.63, 3.8) is 0 Å². The molecule has 0 radical (unpaired) electrons. The van der Waals surface area contributed by atoms with E-state index in [4.69, 9.17) is 16.7 Å². The summed E-state index contributed by atoms with van der Waals surface area (Å²) in [4.78, 5) is 14.7. The Bertz CT molecular complexity index is 1190. The second-order valence-corrected chi connectivity index (χ2v) is 7.76. The molecule has 0 saturated carbocycles. The fourth-order valence-corrected chi connectivity index (χ4v) is 4.00. The molecule has 1 aliphatic heterocycles. The van der Waals surface area contributed by atoms with E-state index in [0.717, 1.165) is 45.3 Å². The van der Waals surface area contributed by atoms with Gasteiger partial charge in [0.25, 0.3) is 5.91 Å². The molecule has 1 aromatic carbocycles. The average molecular weight is 407 g/mol. The Labute approximate surface area is 174 Å². The molecule has 148 valence electrons. The predicted molar refractivity (Wildman–Crippen MR) is 117 cm³/mol. The number of nitrogens with one attached hydrogen (secondary N) is 1. The monoisotopic (exact) mass is 406 g/mol. The standard InChI is InChI=1S/C22H22N4O2S/c1-12-6-7-19(13(2)8-12)26-21(27)18(23-22(26)29)11-17-9-14(3)25(16(17)5)20-10-15(4)28-24-20/h6-11H,1-5H3,(H,23,29). The normalized spacial score (nSPS) is 15.5. The summed E-state index contributed by atoms with van der Waals surface area (Å²) >= 11 is 5.45. The van der Waals surface area contributed by atoms with E-state index in [9.17, 15) is 4.79 Å². The maximum absolute atomic E-state index is 13.1. The number of aryl methyl sites for hydroxylation is 4. The minimum Gasteiger partial charge on any atom is -0.360 e. The summed E-state index contributed by atoms with van der Waals surface area (Å²) < 4.78 is 7.21. The van der Waals surface area contributed by atoms with Crippen LogP contribution in [0.4, 0.5) is 5.69 Å². The summed E-state index contributed by atoms with van der Waals surface area (Å²) in [6, 6.07) is 9.85. The van der Waals surface area contributed by atoms with Gasteiger partial charge >= 0.3 is 0 Å². The molecular weight excluding hydrogens is 384 g/mol. The van der Waals surface area contributed by atoms with Crippen LogP contribution in [0.1, 0.15) is 33.8 Å². The molecule has 3 heterocycles. The number of amides is 1. The van der Waals surface area contributed by atoms with E-state index >= 15 is 0 Å². The van der Waals surface area contributed by atoms with Crippen molar-refractivity contribution in [2.45, 2.75) is 34.6 Å². The Kier molecular flexibility index (Phi) is 4.62. The van der Waals surface area contributed by atoms with Gasteiger partial charge in [-0.2, -0.15) is 0 Å². The van der Waals surface area contributed by atoms with E-state index < -0.39 is 0 Å². The highest BCUT2D eigenvalue weighted by Crippen LogP contribution is 2.28. The van der Waals surface area contributed by atoms with Crippen molar-refractivity contribution in [1.29, 1.82) is 0 Å². The van der Waals surface area contributed by atoms with Crippen molar-refractivity contribution in [2.24, 2.45) is 0 Å². The summed E-state index contributed by atoms with van der Waals surface area (Å²) in [6.45, 7) is 9.85. The Morgan fingerprint density at radius 2 is 1.86 bits per heavy atom. The number of rotatable bonds is 3. The molecule has 2 aromatic heterocycles. The van der Waals surface area contributed by atoms with Crippen LogP contribution in [0.15, 0.2) is 40.6 Å². The van der Waals surface area contributed by atoms with E-state index in [1.165, 1.54) is 0 Å². The molecule has 0 bridgehead atoms. The molecule has 0 atom stereocenters. The van der Waals surface area contributed by atoms with Crippen LogP contribution >= 0.6 is 12.2 Å². The van der Waals surface area contributed by atoms with Crippen molar-refractivity contribution in [2.75, 3.05) is 4.90 Å². The molecule has 3 aromatic rings. The second kappa shape index (κ2) is 7.00. The third kappa shape index (κ3) is 3.27. The summed E-state index contributed by atoms with van der Waals surface area (Å²) in [5, 5.41) is 7.56. The third-order valence-electron chi connectivity index (χ3n) is 5.09. The quantitative estimate of drug-likeness (QED) is 0.520. The van der Waals surface area contributed by atoms with Crippen molar-refractivity contribution >= 4 is 35.0 Å². The lowest BCUT2D eigenvalue weighted by atomic mass is 10.1. The molecule has 1 fully saturated rings. The number of aromatic nitrogens is 2. The Morgan fingerprint density at radius 1 is 1.10 bits per heavy atom. The third-order valence-corrected chi connectivity index (χ3v) is 5.37. The maximum Gasteiger partial charge on any atom is 0.281 e. The number of hydrogen-bond donors (Lipinski definition) is 1. The van der Waals surface area contributed by atoms with Gasteiger partial charge in [0.1, 0.15) is 11.5 Å². The Hall–Kier alpha value is -3.19. The maximum atomic E-state index is 13.1. The molecule has 0 aliphatic carbocycles. The van der Waals surface area contributed by atoms with Crippen LogP contribution in [-0.4, -0.2) is 20.7 Å². The highest BCUT2D eigenvalue weighted by Gasteiger charge is 2.33. The number of carbonyl (C=O) groups is 1. The first-order chi connectivity index (χ1) is 13.8. The van der Waals surface area contributed by atoms with Gasteiger partial charge in [0.2, 0.25) is 0 Å². The number of anilines is 1. The van der Waals surface area contributed by atoms with Crippen molar-refractivity contribution < 1.29 is 9.32 Å². The highest BCUT2D eigenvalue weighted by molar-refractivity contribution is 7.80. The fraction of sp³-hybridized carbons (Fsp3) is 0.227. The molecule has 0 unspecified atom stereocenters. The average Bonchev–Trinajstić information content (AvgIpc) is 3.27. The fourth-order valence-electron chi connectivity index (χ4n) is 3.71. The molecule has 6 nitrogen and oxygen atoms in total. The first-order valence-electron chi connectivity index (χ1n) is 9.33. The molecule has 4 rings (SSSR count). The zero-order valence-corrected chi connectivity index (χ0v) is 17.8. The van der Waals surface area contributed by atoms with Gasteiger partial charge < -0.3 is 9.84 Å². The van der Waals surface area contributed by atoms with Crippen LogP contribution < -0.4 is 10.2 Å². The van der Waals surface area contributed by atoms with Crippen LogP contribution in [0.3, 0.4) is 0 Å². The van der Waals surface area contributed by atoms with Crippen molar-refractivity contribution in [3.05, 3.63) is 69.9 Å². The smallest absolute Gasteiger partial charge is 0.281 e. The zero-order chi connectivity index (χ0) is 20.9. The Morgan fingerprint density at radius 3 is 2.52 bits per heavy atom. The summed E-state index contributed by atoms with van der Waals surface area (Å²) in [5.74, 6) is 1.30.